The molecule has 3 atom stereocenters. The van der Waals surface area contributed by atoms with E-state index in [4.69, 9.17) is 9.47 Å². The Kier molecular flexibility index (Phi) is 5.64. The lowest BCUT2D eigenvalue weighted by atomic mass is 10.1. The molecule has 0 radical (unpaired) electrons. The SMILES string of the molecule is COc1ccc([C@@H]2[C@@H](S(=O)(=O)c3ccccc3)[C@@]2(C=O)NC(=O)OC(C)(C)C)cc1. The van der Waals surface area contributed by atoms with Crippen LogP contribution in [0, 0.1) is 0 Å². The number of amides is 1. The predicted molar refractivity (Wildman–Crippen MR) is 111 cm³/mol. The van der Waals surface area contributed by atoms with Crippen molar-refractivity contribution < 1.29 is 27.5 Å². The van der Waals surface area contributed by atoms with Crippen molar-refractivity contribution in [3.8, 4) is 5.75 Å². The average molecular weight is 432 g/mol. The van der Waals surface area contributed by atoms with E-state index in [0.29, 0.717) is 17.6 Å². The zero-order chi connectivity index (χ0) is 22.2. The van der Waals surface area contributed by atoms with Gasteiger partial charge in [-0.3, -0.25) is 0 Å². The van der Waals surface area contributed by atoms with Crippen molar-refractivity contribution in [3.63, 3.8) is 0 Å². The smallest absolute Gasteiger partial charge is 0.408 e. The van der Waals surface area contributed by atoms with E-state index in [1.54, 1.807) is 63.2 Å². The van der Waals surface area contributed by atoms with E-state index in [1.807, 2.05) is 0 Å². The molecule has 160 valence electrons. The highest BCUT2D eigenvalue weighted by molar-refractivity contribution is 7.92. The molecule has 0 unspecified atom stereocenters. The van der Waals surface area contributed by atoms with Crippen molar-refractivity contribution in [2.45, 2.75) is 48.0 Å². The molecule has 0 aliphatic heterocycles. The summed E-state index contributed by atoms with van der Waals surface area (Å²) in [5.74, 6) is -0.169. The largest absolute Gasteiger partial charge is 0.497 e. The zero-order valence-electron chi connectivity index (χ0n) is 17.3. The molecule has 7 nitrogen and oxygen atoms in total. The van der Waals surface area contributed by atoms with Gasteiger partial charge < -0.3 is 19.6 Å². The van der Waals surface area contributed by atoms with Crippen LogP contribution in [0.15, 0.2) is 59.5 Å². The van der Waals surface area contributed by atoms with Gasteiger partial charge in [0.25, 0.3) is 0 Å². The second-order valence-corrected chi connectivity index (χ2v) is 10.3. The molecule has 1 saturated carbocycles. The minimum absolute atomic E-state index is 0.0863. The van der Waals surface area contributed by atoms with E-state index in [0.717, 1.165) is 0 Å². The Morgan fingerprint density at radius 2 is 1.67 bits per heavy atom. The summed E-state index contributed by atoms with van der Waals surface area (Å²) in [5, 5.41) is 1.38. The first-order valence-electron chi connectivity index (χ1n) is 9.45. The van der Waals surface area contributed by atoms with Gasteiger partial charge in [0.15, 0.2) is 9.84 Å². The van der Waals surface area contributed by atoms with Crippen LogP contribution in [-0.2, 0) is 19.4 Å². The summed E-state index contributed by atoms with van der Waals surface area (Å²) in [6, 6.07) is 14.6. The number of carbonyl (C=O) groups excluding carboxylic acids is 2. The van der Waals surface area contributed by atoms with Gasteiger partial charge in [-0.15, -0.1) is 0 Å². The van der Waals surface area contributed by atoms with E-state index in [2.05, 4.69) is 5.32 Å². The predicted octanol–water partition coefficient (Wildman–Crippen LogP) is 3.10. The lowest BCUT2D eigenvalue weighted by Crippen LogP contribution is -2.45. The highest BCUT2D eigenvalue weighted by atomic mass is 32.2. The van der Waals surface area contributed by atoms with Crippen molar-refractivity contribution in [3.05, 3.63) is 60.2 Å². The molecule has 1 amide bonds. The normalized spacial score (nSPS) is 23.3. The average Bonchev–Trinajstić information content (AvgIpc) is 3.36. The van der Waals surface area contributed by atoms with Gasteiger partial charge >= 0.3 is 6.09 Å². The van der Waals surface area contributed by atoms with E-state index < -0.39 is 38.2 Å². The summed E-state index contributed by atoms with van der Waals surface area (Å²) in [4.78, 5) is 24.8. The molecule has 2 aromatic rings. The van der Waals surface area contributed by atoms with Crippen LogP contribution in [-0.4, -0.2) is 44.3 Å². The quantitative estimate of drug-likeness (QED) is 0.706. The van der Waals surface area contributed by atoms with Crippen molar-refractivity contribution in [1.82, 2.24) is 5.32 Å². The van der Waals surface area contributed by atoms with Crippen LogP contribution in [0.4, 0.5) is 4.79 Å². The van der Waals surface area contributed by atoms with Gasteiger partial charge in [-0.2, -0.15) is 0 Å². The van der Waals surface area contributed by atoms with Crippen LogP contribution >= 0.6 is 0 Å². The molecule has 0 saturated heterocycles. The first-order chi connectivity index (χ1) is 14.0. The third-order valence-electron chi connectivity index (χ3n) is 4.97. The third-order valence-corrected chi connectivity index (χ3v) is 7.23. The van der Waals surface area contributed by atoms with E-state index >= 15 is 0 Å². The maximum Gasteiger partial charge on any atom is 0.408 e. The van der Waals surface area contributed by atoms with E-state index in [-0.39, 0.29) is 4.90 Å². The Hall–Kier alpha value is -2.87. The van der Waals surface area contributed by atoms with Crippen molar-refractivity contribution >= 4 is 22.2 Å². The summed E-state index contributed by atoms with van der Waals surface area (Å²) in [7, 11) is -2.40. The summed E-state index contributed by atoms with van der Waals surface area (Å²) >= 11 is 0. The zero-order valence-corrected chi connectivity index (χ0v) is 18.1. The summed E-state index contributed by atoms with van der Waals surface area (Å²) < 4.78 is 37.2. The van der Waals surface area contributed by atoms with Crippen LogP contribution in [0.2, 0.25) is 0 Å². The van der Waals surface area contributed by atoms with Crippen molar-refractivity contribution in [1.29, 1.82) is 0 Å². The van der Waals surface area contributed by atoms with Crippen molar-refractivity contribution in [2.24, 2.45) is 0 Å². The van der Waals surface area contributed by atoms with Crippen LogP contribution < -0.4 is 10.1 Å². The first-order valence-corrected chi connectivity index (χ1v) is 11.0. The van der Waals surface area contributed by atoms with Crippen LogP contribution in [0.3, 0.4) is 0 Å². The summed E-state index contributed by atoms with van der Waals surface area (Å²) in [5.41, 5.74) is -1.83. The highest BCUT2D eigenvalue weighted by Gasteiger charge is 2.73. The molecule has 1 aliphatic rings. The number of ether oxygens (including phenoxy) is 2. The monoisotopic (exact) mass is 431 g/mol. The molecule has 1 N–H and O–H groups in total. The molecule has 1 fully saturated rings. The molecular formula is C22H25NO6S. The lowest BCUT2D eigenvalue weighted by molar-refractivity contribution is -0.110. The van der Waals surface area contributed by atoms with Gasteiger partial charge in [0.2, 0.25) is 0 Å². The third kappa shape index (κ3) is 4.05. The standard InChI is InChI=1S/C22H25NO6S/c1-21(2,3)29-20(25)23-22(14-24)18(15-10-12-16(28-4)13-11-15)19(22)30(26,27)17-8-6-5-7-9-17/h5-14,18-19H,1-4H3,(H,23,25)/t18-,19-,22+/m1/s1. The van der Waals surface area contributed by atoms with Crippen LogP contribution in [0.5, 0.6) is 5.75 Å². The van der Waals surface area contributed by atoms with Gasteiger partial charge in [0.1, 0.15) is 28.4 Å². The number of carbonyl (C=O) groups is 2. The molecule has 2 aromatic carbocycles. The van der Waals surface area contributed by atoms with Crippen LogP contribution in [0.25, 0.3) is 0 Å². The summed E-state index contributed by atoms with van der Waals surface area (Å²) in [6.45, 7) is 5.06. The number of rotatable bonds is 6. The van der Waals surface area contributed by atoms with Gasteiger partial charge in [-0.25, -0.2) is 13.2 Å². The molecule has 0 spiro atoms. The van der Waals surface area contributed by atoms with Gasteiger partial charge in [-0.05, 0) is 50.6 Å². The molecular weight excluding hydrogens is 406 g/mol. The number of methoxy groups -OCH3 is 1. The van der Waals surface area contributed by atoms with E-state index in [9.17, 15) is 18.0 Å². The molecule has 30 heavy (non-hydrogen) atoms. The molecule has 1 aliphatic carbocycles. The molecule has 8 heteroatoms. The number of hydrogen-bond donors (Lipinski definition) is 1. The number of nitrogens with one attached hydrogen (secondary N) is 1. The van der Waals surface area contributed by atoms with Gasteiger partial charge in [-0.1, -0.05) is 30.3 Å². The first kappa shape index (κ1) is 21.8. The fourth-order valence-electron chi connectivity index (χ4n) is 3.63. The highest BCUT2D eigenvalue weighted by Crippen LogP contribution is 2.56. The maximum absolute atomic E-state index is 13.4. The molecule has 0 bridgehead atoms. The Bertz CT molecular complexity index is 1030. The molecule has 0 aromatic heterocycles. The second kappa shape index (κ2) is 7.75. The topological polar surface area (TPSA) is 98.8 Å². The fraction of sp³-hybridized carbons (Fsp3) is 0.364. The molecule has 0 heterocycles. The molecule has 3 rings (SSSR count). The maximum atomic E-state index is 13.4. The number of benzene rings is 2. The minimum atomic E-state index is -3.92. The van der Waals surface area contributed by atoms with Gasteiger partial charge in [0, 0.05) is 5.92 Å². The summed E-state index contributed by atoms with van der Waals surface area (Å²) in [6.07, 6.45) is -0.351. The number of sulfone groups is 1. The Morgan fingerprint density at radius 1 is 1.07 bits per heavy atom. The Labute approximate surface area is 176 Å². The lowest BCUT2D eigenvalue weighted by Gasteiger charge is -2.22. The number of alkyl carbamates (subject to hydrolysis) is 1. The van der Waals surface area contributed by atoms with Crippen molar-refractivity contribution in [2.75, 3.05) is 7.11 Å². The number of aldehydes is 1. The second-order valence-electron chi connectivity index (χ2n) is 8.21. The Balaban J connectivity index is 2.04. The van der Waals surface area contributed by atoms with Crippen LogP contribution in [0.1, 0.15) is 32.3 Å². The van der Waals surface area contributed by atoms with Gasteiger partial charge in [0.05, 0.1) is 12.0 Å². The Morgan fingerprint density at radius 3 is 2.17 bits per heavy atom. The minimum Gasteiger partial charge on any atom is -0.497 e. The van der Waals surface area contributed by atoms with E-state index in [1.165, 1.54) is 19.2 Å². The number of hydrogen-bond acceptors (Lipinski definition) is 6. The fourth-order valence-corrected chi connectivity index (χ4v) is 5.89.